The number of fused-ring (bicyclic) bond motifs is 1. The smallest absolute Gasteiger partial charge is 0.264 e. The summed E-state index contributed by atoms with van der Waals surface area (Å²) in [5.74, 6) is 0.613. The number of sulfonamides is 1. The van der Waals surface area contributed by atoms with Gasteiger partial charge in [-0.25, -0.2) is 8.42 Å². The molecule has 128 valence electrons. The maximum Gasteiger partial charge on any atom is 0.264 e. The first-order valence-corrected chi connectivity index (χ1v) is 9.50. The van der Waals surface area contributed by atoms with Crippen LogP contribution in [0.15, 0.2) is 47.4 Å². The van der Waals surface area contributed by atoms with E-state index in [0.29, 0.717) is 29.5 Å². The van der Waals surface area contributed by atoms with E-state index in [0.717, 1.165) is 11.1 Å². The van der Waals surface area contributed by atoms with E-state index in [2.05, 4.69) is 20.8 Å². The highest BCUT2D eigenvalue weighted by Gasteiger charge is 2.30. The summed E-state index contributed by atoms with van der Waals surface area (Å²) >= 11 is 0. The Kier molecular flexibility index (Phi) is 4.08. The second-order valence-electron chi connectivity index (χ2n) is 7.17. The predicted octanol–water partition coefficient (Wildman–Crippen LogP) is 3.88. The average molecular weight is 345 g/mol. The van der Waals surface area contributed by atoms with Gasteiger partial charge in [-0.1, -0.05) is 39.0 Å². The fourth-order valence-electron chi connectivity index (χ4n) is 2.81. The van der Waals surface area contributed by atoms with Gasteiger partial charge in [-0.05, 0) is 47.7 Å². The van der Waals surface area contributed by atoms with E-state index in [1.165, 1.54) is 4.31 Å². The van der Waals surface area contributed by atoms with Crippen LogP contribution in [0.3, 0.4) is 0 Å². The summed E-state index contributed by atoms with van der Waals surface area (Å²) in [6.45, 7) is 8.94. The van der Waals surface area contributed by atoms with E-state index in [9.17, 15) is 8.42 Å². The van der Waals surface area contributed by atoms with Gasteiger partial charge in [0.1, 0.15) is 12.4 Å². The molecule has 4 nitrogen and oxygen atoms in total. The first kappa shape index (κ1) is 16.8. The van der Waals surface area contributed by atoms with Crippen LogP contribution in [0.2, 0.25) is 0 Å². The minimum atomic E-state index is -3.60. The fraction of sp³-hybridized carbons (Fsp3) is 0.368. The fourth-order valence-corrected chi connectivity index (χ4v) is 4.26. The molecule has 0 fully saturated rings. The molecule has 0 amide bonds. The molecule has 0 spiro atoms. The van der Waals surface area contributed by atoms with Gasteiger partial charge in [0.25, 0.3) is 10.0 Å². The summed E-state index contributed by atoms with van der Waals surface area (Å²) in [4.78, 5) is 0.310. The molecule has 3 rings (SSSR count). The maximum absolute atomic E-state index is 13.1. The Balaban J connectivity index is 2.02. The monoisotopic (exact) mass is 345 g/mol. The van der Waals surface area contributed by atoms with Gasteiger partial charge in [-0.2, -0.15) is 0 Å². The number of benzene rings is 2. The number of hydrogen-bond acceptors (Lipinski definition) is 3. The Bertz CT molecular complexity index is 849. The van der Waals surface area contributed by atoms with Crippen molar-refractivity contribution in [3.8, 4) is 5.75 Å². The summed E-state index contributed by atoms with van der Waals surface area (Å²) in [5, 5.41) is 0. The van der Waals surface area contributed by atoms with Crippen molar-refractivity contribution in [2.75, 3.05) is 17.5 Å². The van der Waals surface area contributed by atoms with Crippen molar-refractivity contribution in [2.24, 2.45) is 0 Å². The molecule has 1 aliphatic rings. The second-order valence-corrected chi connectivity index (χ2v) is 9.03. The van der Waals surface area contributed by atoms with E-state index >= 15 is 0 Å². The first-order valence-electron chi connectivity index (χ1n) is 8.06. The largest absolute Gasteiger partial charge is 0.489 e. The van der Waals surface area contributed by atoms with E-state index in [1.807, 2.05) is 37.3 Å². The van der Waals surface area contributed by atoms with Crippen LogP contribution in [0.1, 0.15) is 31.9 Å². The third-order valence-electron chi connectivity index (χ3n) is 4.24. The molecule has 0 unspecified atom stereocenters. The van der Waals surface area contributed by atoms with Gasteiger partial charge >= 0.3 is 0 Å². The highest BCUT2D eigenvalue weighted by atomic mass is 32.2. The standard InChI is InChI=1S/C19H23NO3S/c1-14-5-10-18-17(13-14)20(11-12-23-18)24(21,22)16-8-6-15(7-9-16)19(2,3)4/h5-10,13H,11-12H2,1-4H3. The minimum Gasteiger partial charge on any atom is -0.489 e. The Morgan fingerprint density at radius 2 is 1.71 bits per heavy atom. The topological polar surface area (TPSA) is 46.6 Å². The lowest BCUT2D eigenvalue weighted by Crippen LogP contribution is -2.38. The summed E-state index contributed by atoms with van der Waals surface area (Å²) in [5.41, 5.74) is 2.72. The van der Waals surface area contributed by atoms with Crippen molar-refractivity contribution in [3.63, 3.8) is 0 Å². The van der Waals surface area contributed by atoms with Gasteiger partial charge in [-0.3, -0.25) is 4.31 Å². The van der Waals surface area contributed by atoms with Gasteiger partial charge in [0.05, 0.1) is 17.1 Å². The Morgan fingerprint density at radius 3 is 2.33 bits per heavy atom. The lowest BCUT2D eigenvalue weighted by Gasteiger charge is -2.31. The predicted molar refractivity (Wildman–Crippen MR) is 96.3 cm³/mol. The molecule has 5 heteroatoms. The van der Waals surface area contributed by atoms with E-state index in [1.54, 1.807) is 12.1 Å². The van der Waals surface area contributed by atoms with Crippen LogP contribution in [0.25, 0.3) is 0 Å². The molecule has 0 radical (unpaired) electrons. The molecule has 0 saturated carbocycles. The molecule has 0 saturated heterocycles. The Morgan fingerprint density at radius 1 is 1.04 bits per heavy atom. The van der Waals surface area contributed by atoms with Crippen LogP contribution in [-0.2, 0) is 15.4 Å². The molecule has 0 bridgehead atoms. The molecule has 2 aromatic rings. The average Bonchev–Trinajstić information content (AvgIpc) is 2.53. The number of aryl methyl sites for hydroxylation is 1. The summed E-state index contributed by atoms with van der Waals surface area (Å²) in [6.07, 6.45) is 0. The minimum absolute atomic E-state index is 0.00896. The molecule has 0 aromatic heterocycles. The first-order chi connectivity index (χ1) is 11.2. The van der Waals surface area contributed by atoms with Crippen LogP contribution in [-0.4, -0.2) is 21.6 Å². The zero-order valence-corrected chi connectivity index (χ0v) is 15.4. The van der Waals surface area contributed by atoms with Gasteiger partial charge < -0.3 is 4.74 Å². The van der Waals surface area contributed by atoms with Gasteiger partial charge in [-0.15, -0.1) is 0 Å². The molecule has 0 N–H and O–H groups in total. The van der Waals surface area contributed by atoms with Crippen molar-refractivity contribution in [2.45, 2.75) is 38.0 Å². The van der Waals surface area contributed by atoms with E-state index in [-0.39, 0.29) is 5.41 Å². The third kappa shape index (κ3) is 3.00. The van der Waals surface area contributed by atoms with Crippen molar-refractivity contribution in [1.82, 2.24) is 0 Å². The number of nitrogens with zero attached hydrogens (tertiary/aromatic N) is 1. The van der Waals surface area contributed by atoms with Crippen LogP contribution in [0.4, 0.5) is 5.69 Å². The highest BCUT2D eigenvalue weighted by Crippen LogP contribution is 2.36. The van der Waals surface area contributed by atoms with Gasteiger partial charge in [0, 0.05) is 0 Å². The molecule has 24 heavy (non-hydrogen) atoms. The molecule has 0 atom stereocenters. The second kappa shape index (κ2) is 5.81. The lowest BCUT2D eigenvalue weighted by atomic mass is 9.87. The molecule has 2 aromatic carbocycles. The summed E-state index contributed by atoms with van der Waals surface area (Å²) < 4.78 is 33.2. The molecule has 0 aliphatic carbocycles. The van der Waals surface area contributed by atoms with Crippen molar-refractivity contribution < 1.29 is 13.2 Å². The number of hydrogen-bond donors (Lipinski definition) is 0. The van der Waals surface area contributed by atoms with Crippen molar-refractivity contribution in [1.29, 1.82) is 0 Å². The zero-order valence-electron chi connectivity index (χ0n) is 14.5. The van der Waals surface area contributed by atoms with Crippen LogP contribution >= 0.6 is 0 Å². The summed E-state index contributed by atoms with van der Waals surface area (Å²) in [7, 11) is -3.60. The highest BCUT2D eigenvalue weighted by molar-refractivity contribution is 7.92. The normalized spacial score (nSPS) is 14.9. The van der Waals surface area contributed by atoms with E-state index in [4.69, 9.17) is 4.74 Å². The van der Waals surface area contributed by atoms with Crippen LogP contribution < -0.4 is 9.04 Å². The molecular weight excluding hydrogens is 322 g/mol. The quantitative estimate of drug-likeness (QED) is 0.830. The Labute approximate surface area is 144 Å². The third-order valence-corrected chi connectivity index (χ3v) is 6.07. The van der Waals surface area contributed by atoms with Crippen molar-refractivity contribution >= 4 is 15.7 Å². The van der Waals surface area contributed by atoms with Gasteiger partial charge in [0.15, 0.2) is 0 Å². The zero-order chi connectivity index (χ0) is 17.5. The van der Waals surface area contributed by atoms with E-state index < -0.39 is 10.0 Å². The molecule has 1 heterocycles. The van der Waals surface area contributed by atoms with Crippen LogP contribution in [0, 0.1) is 6.92 Å². The molecular formula is C19H23NO3S. The number of ether oxygens (including phenoxy) is 1. The number of anilines is 1. The molecule has 1 aliphatic heterocycles. The maximum atomic E-state index is 13.1. The lowest BCUT2D eigenvalue weighted by molar-refractivity contribution is 0.315. The SMILES string of the molecule is Cc1ccc2c(c1)N(S(=O)(=O)c1ccc(C(C)(C)C)cc1)CCO2. The Hall–Kier alpha value is -2.01. The van der Waals surface area contributed by atoms with Crippen LogP contribution in [0.5, 0.6) is 5.75 Å². The summed E-state index contributed by atoms with van der Waals surface area (Å²) in [6, 6.07) is 12.8. The number of rotatable bonds is 2. The van der Waals surface area contributed by atoms with Crippen molar-refractivity contribution in [3.05, 3.63) is 53.6 Å². The van der Waals surface area contributed by atoms with Gasteiger partial charge in [0.2, 0.25) is 0 Å².